The van der Waals surface area contributed by atoms with Gasteiger partial charge in [-0.25, -0.2) is 29.1 Å². The van der Waals surface area contributed by atoms with Gasteiger partial charge in [-0.3, -0.25) is 29.1 Å². The maximum atomic E-state index is 13.4. The number of cyclic esters (lactones) is 4. The highest BCUT2D eigenvalue weighted by atomic mass is 16.5. The minimum absolute atomic E-state index is 0.182. The lowest BCUT2D eigenvalue weighted by Gasteiger charge is -2.22. The number of ether oxygens (including phenoxy) is 4. The number of esters is 4. The Morgan fingerprint density at radius 2 is 0.559 bits per heavy atom. The molecule has 0 saturated heterocycles. The lowest BCUT2D eigenvalue weighted by atomic mass is 10.0. The summed E-state index contributed by atoms with van der Waals surface area (Å²) in [5.41, 5.74) is 0.490. The average molecular weight is 937 g/mol. The lowest BCUT2D eigenvalue weighted by molar-refractivity contribution is -0.149. The second kappa shape index (κ2) is 23.7. The van der Waals surface area contributed by atoms with Gasteiger partial charge in [0.2, 0.25) is 0 Å². The molecule has 4 atom stereocenters. The molecule has 0 aliphatic carbocycles. The molecule has 4 amide bonds. The van der Waals surface area contributed by atoms with E-state index < -0.39 is 95.3 Å². The zero-order valence-corrected chi connectivity index (χ0v) is 39.1. The van der Waals surface area contributed by atoms with Gasteiger partial charge in [0.15, 0.2) is 0 Å². The molecule has 0 unspecified atom stereocenters. The number of fused-ring (bicyclic) bond motifs is 8. The van der Waals surface area contributed by atoms with Crippen molar-refractivity contribution in [1.82, 2.24) is 41.2 Å². The standard InChI is InChI=1S/C48H56N8O12/c1-25(2)37-45(61)65-21-29-13-9-14-30(49-29)22-66-47(63)39(27(5)6)55-43(59)35-19-12-20-36(52-35)44(60)56-40(28(7)8)48(64)68-24-32-16-10-15-31(50-32)23-67-46(62)38(26(3)4)54-42(58)34-18-11-17-33(51-34)41(57)53-37/h9-20,25-28,37-40H,21-24H2,1-8H3,(H,53,57)(H,54,58)(H,55,59)(H,56,60)/t37-,38-,39-,40-/m0/s1. The Kier molecular flexibility index (Phi) is 17.9. The van der Waals surface area contributed by atoms with E-state index in [1.807, 2.05) is 0 Å². The Bertz CT molecular complexity index is 2190. The molecule has 0 fully saturated rings. The topological polar surface area (TPSA) is 273 Å². The van der Waals surface area contributed by atoms with E-state index >= 15 is 0 Å². The van der Waals surface area contributed by atoms with Crippen molar-refractivity contribution in [3.8, 4) is 0 Å². The minimum Gasteiger partial charge on any atom is -0.458 e. The Hall–Kier alpha value is -7.64. The predicted molar refractivity (Wildman–Crippen MR) is 241 cm³/mol. The van der Waals surface area contributed by atoms with E-state index in [4.69, 9.17) is 18.9 Å². The Balaban J connectivity index is 1.40. The summed E-state index contributed by atoms with van der Waals surface area (Å²) in [4.78, 5) is 124. The smallest absolute Gasteiger partial charge is 0.329 e. The maximum Gasteiger partial charge on any atom is 0.329 e. The van der Waals surface area contributed by atoms with Gasteiger partial charge in [0.1, 0.15) is 73.4 Å². The van der Waals surface area contributed by atoms with E-state index in [1.165, 1.54) is 36.4 Å². The average Bonchev–Trinajstić information content (AvgIpc) is 3.32. The number of nitrogens with zero attached hydrogens (tertiary/aromatic N) is 4. The van der Waals surface area contributed by atoms with Gasteiger partial charge >= 0.3 is 23.9 Å². The number of nitrogens with one attached hydrogen (secondary N) is 4. The number of pyridine rings is 4. The summed E-state index contributed by atoms with van der Waals surface area (Å²) in [6.07, 6.45) is 0. The maximum absolute atomic E-state index is 13.4. The van der Waals surface area contributed by atoms with Crippen molar-refractivity contribution in [3.63, 3.8) is 0 Å². The fraction of sp³-hybridized carbons (Fsp3) is 0.417. The first-order valence-corrected chi connectivity index (χ1v) is 22.0. The number of aromatic nitrogens is 4. The first-order chi connectivity index (χ1) is 32.3. The van der Waals surface area contributed by atoms with Crippen LogP contribution in [0.4, 0.5) is 0 Å². The monoisotopic (exact) mass is 936 g/mol. The molecule has 0 saturated carbocycles. The minimum atomic E-state index is -1.14. The van der Waals surface area contributed by atoms with Crippen molar-refractivity contribution in [2.45, 2.75) is 106 Å². The molecule has 20 nitrogen and oxygen atoms in total. The first kappa shape index (κ1) is 51.3. The molecule has 8 bridgehead atoms. The summed E-state index contributed by atoms with van der Waals surface area (Å²) in [5.74, 6) is -7.94. The zero-order chi connectivity index (χ0) is 49.7. The summed E-state index contributed by atoms with van der Waals surface area (Å²) in [6.45, 7) is 12.4. The van der Waals surface area contributed by atoms with E-state index in [0.717, 1.165) is 0 Å². The van der Waals surface area contributed by atoms with E-state index in [9.17, 15) is 38.4 Å². The van der Waals surface area contributed by atoms with Gasteiger partial charge in [-0.05, 0) is 72.2 Å². The third-order valence-corrected chi connectivity index (χ3v) is 10.4. The number of carbonyl (C=O) groups is 8. The number of amides is 4. The highest BCUT2D eigenvalue weighted by Gasteiger charge is 2.32. The van der Waals surface area contributed by atoms with Crippen LogP contribution in [-0.2, 0) is 64.6 Å². The highest BCUT2D eigenvalue weighted by molar-refractivity contribution is 6.00. The highest BCUT2D eigenvalue weighted by Crippen LogP contribution is 2.15. The SMILES string of the molecule is CC(C)[C@@H]1NC(=O)c2cccc(n2)C(=O)N[C@@H](C(C)C)C(=O)OCc2cccc(n2)COC(=O)[C@H](C(C)C)NC(=O)c2cccc(n2)C(=O)N[C@@H](C(C)C)C(=O)OCc2cccc(n2)COC1=O. The molecule has 5 rings (SSSR count). The number of rotatable bonds is 4. The van der Waals surface area contributed by atoms with E-state index in [2.05, 4.69) is 41.2 Å². The van der Waals surface area contributed by atoms with Crippen molar-refractivity contribution in [3.05, 3.63) is 118 Å². The van der Waals surface area contributed by atoms with Gasteiger partial charge < -0.3 is 40.2 Å². The van der Waals surface area contributed by atoms with Crippen molar-refractivity contribution < 1.29 is 57.3 Å². The number of hydrogen-bond donors (Lipinski definition) is 4. The van der Waals surface area contributed by atoms with E-state index in [1.54, 1.807) is 91.8 Å². The molecule has 0 spiro atoms. The van der Waals surface area contributed by atoms with Crippen LogP contribution >= 0.6 is 0 Å². The molecule has 20 heteroatoms. The van der Waals surface area contributed by atoms with Crippen molar-refractivity contribution in [2.75, 3.05) is 0 Å². The van der Waals surface area contributed by atoms with Crippen LogP contribution in [0.3, 0.4) is 0 Å². The third kappa shape index (κ3) is 14.2. The Morgan fingerprint density at radius 3 is 0.765 bits per heavy atom. The molecule has 360 valence electrons. The second-order valence-electron chi connectivity index (χ2n) is 17.3. The normalized spacial score (nSPS) is 20.1. The summed E-state index contributed by atoms with van der Waals surface area (Å²) >= 11 is 0. The van der Waals surface area contributed by atoms with Crippen LogP contribution in [0.25, 0.3) is 0 Å². The molecule has 1 aliphatic heterocycles. The van der Waals surface area contributed by atoms with Crippen molar-refractivity contribution in [1.29, 1.82) is 0 Å². The summed E-state index contributed by atoms with van der Waals surface area (Å²) in [6, 6.07) is 13.4. The molecule has 1 aliphatic rings. The fourth-order valence-electron chi connectivity index (χ4n) is 6.55. The lowest BCUT2D eigenvalue weighted by Crippen LogP contribution is -2.46. The Morgan fingerprint density at radius 1 is 0.353 bits per heavy atom. The van der Waals surface area contributed by atoms with E-state index in [-0.39, 0.29) is 49.2 Å². The fourth-order valence-corrected chi connectivity index (χ4v) is 6.55. The van der Waals surface area contributed by atoms with Crippen LogP contribution < -0.4 is 21.3 Å². The predicted octanol–water partition coefficient (Wildman–Crippen LogP) is 3.57. The van der Waals surface area contributed by atoms with Gasteiger partial charge in [-0.1, -0.05) is 79.7 Å². The van der Waals surface area contributed by atoms with Gasteiger partial charge in [0, 0.05) is 0 Å². The second-order valence-corrected chi connectivity index (χ2v) is 17.3. The van der Waals surface area contributed by atoms with Gasteiger partial charge in [0.25, 0.3) is 23.6 Å². The van der Waals surface area contributed by atoms with Crippen LogP contribution in [0.1, 0.15) is 120 Å². The van der Waals surface area contributed by atoms with Crippen LogP contribution in [0.15, 0.2) is 72.8 Å². The zero-order valence-electron chi connectivity index (χ0n) is 39.1. The van der Waals surface area contributed by atoms with Crippen LogP contribution in [-0.4, -0.2) is 91.6 Å². The molecular formula is C48H56N8O12. The first-order valence-electron chi connectivity index (χ1n) is 22.0. The quantitative estimate of drug-likeness (QED) is 0.168. The van der Waals surface area contributed by atoms with Crippen LogP contribution in [0, 0.1) is 23.7 Å². The van der Waals surface area contributed by atoms with Gasteiger partial charge in [-0.2, -0.15) is 0 Å². The molecule has 4 N–H and O–H groups in total. The van der Waals surface area contributed by atoms with Gasteiger partial charge in [-0.15, -0.1) is 0 Å². The van der Waals surface area contributed by atoms with Crippen LogP contribution in [0.5, 0.6) is 0 Å². The molecule has 4 aromatic heterocycles. The third-order valence-electron chi connectivity index (χ3n) is 10.4. The van der Waals surface area contributed by atoms with Crippen LogP contribution in [0.2, 0.25) is 0 Å². The number of hydrogen-bond acceptors (Lipinski definition) is 16. The summed E-state index contributed by atoms with van der Waals surface area (Å²) < 4.78 is 22.2. The molecule has 68 heavy (non-hydrogen) atoms. The van der Waals surface area contributed by atoms with Crippen molar-refractivity contribution in [2.24, 2.45) is 23.7 Å². The summed E-state index contributed by atoms with van der Waals surface area (Å²) in [5, 5.41) is 10.5. The molecule has 0 aromatic carbocycles. The Labute approximate surface area is 393 Å². The number of carbonyl (C=O) groups excluding carboxylic acids is 8. The molecule has 0 radical (unpaired) electrons. The van der Waals surface area contributed by atoms with E-state index in [0.29, 0.717) is 22.8 Å². The molecule has 5 heterocycles. The molecular weight excluding hydrogens is 881 g/mol. The van der Waals surface area contributed by atoms with Gasteiger partial charge in [0.05, 0.1) is 22.8 Å². The molecule has 4 aromatic rings. The summed E-state index contributed by atoms with van der Waals surface area (Å²) in [7, 11) is 0. The largest absolute Gasteiger partial charge is 0.458 e. The van der Waals surface area contributed by atoms with Crippen molar-refractivity contribution >= 4 is 47.5 Å².